The lowest BCUT2D eigenvalue weighted by molar-refractivity contribution is -0.131. The van der Waals surface area contributed by atoms with Crippen LogP contribution >= 0.6 is 0 Å². The number of likely N-dealkylation sites (tertiary alicyclic amines) is 3. The number of nitrogens with two attached hydrogens (primary N) is 3. The monoisotopic (exact) mass is 607 g/mol. The van der Waals surface area contributed by atoms with E-state index in [1.165, 1.54) is 0 Å². The van der Waals surface area contributed by atoms with Gasteiger partial charge in [0.2, 0.25) is 35.4 Å². The largest absolute Gasteiger partial charge is 0.355 e. The fourth-order valence-corrected chi connectivity index (χ4v) is 6.09. The van der Waals surface area contributed by atoms with Gasteiger partial charge in [0.25, 0.3) is 0 Å². The quantitative estimate of drug-likeness (QED) is 0.0959. The summed E-state index contributed by atoms with van der Waals surface area (Å²) in [5, 5.41) is 8.25. The number of rotatable bonds is 17. The third-order valence-corrected chi connectivity index (χ3v) is 8.62. The van der Waals surface area contributed by atoms with Gasteiger partial charge in [-0.1, -0.05) is 6.92 Å². The highest BCUT2D eigenvalue weighted by Gasteiger charge is 2.39. The molecule has 0 aromatic rings. The van der Waals surface area contributed by atoms with Crippen LogP contribution in [0, 0.1) is 29.6 Å². The van der Waals surface area contributed by atoms with E-state index in [0.717, 1.165) is 0 Å². The Bertz CT molecular complexity index is 1030. The van der Waals surface area contributed by atoms with E-state index in [0.29, 0.717) is 78.4 Å². The van der Waals surface area contributed by atoms with Crippen molar-refractivity contribution in [3.8, 4) is 0 Å². The molecule has 5 unspecified atom stereocenters. The zero-order chi connectivity index (χ0) is 31.5. The van der Waals surface area contributed by atoms with E-state index in [1.54, 1.807) is 14.7 Å². The van der Waals surface area contributed by atoms with Gasteiger partial charge in [0.05, 0.1) is 17.8 Å². The maximum Gasteiger partial charge on any atom is 0.225 e. The minimum Gasteiger partial charge on any atom is -0.355 e. The van der Waals surface area contributed by atoms with Crippen LogP contribution in [0.25, 0.3) is 0 Å². The first-order valence-corrected chi connectivity index (χ1v) is 15.3. The standard InChI is InChI=1S/C28H49N9O6/c1-18(13-36-16-21(11-24(36)39)27(42)33-7-4-30)19(14-37-17-22(12-25(37)40)28(43)34-8-5-31)2-9-35-15-20(10-23(35)38)26(41)32-6-3-29/h18-22H,2-17,29-31H2,1H3,(H,32,41)(H,33,42)(H,34,43). The average molecular weight is 608 g/mol. The molecule has 0 aromatic heterocycles. The van der Waals surface area contributed by atoms with Crippen molar-refractivity contribution in [2.45, 2.75) is 32.6 Å². The minimum atomic E-state index is -0.462. The lowest BCUT2D eigenvalue weighted by Gasteiger charge is -2.32. The molecular weight excluding hydrogens is 558 g/mol. The van der Waals surface area contributed by atoms with Crippen LogP contribution in [0.4, 0.5) is 0 Å². The van der Waals surface area contributed by atoms with Gasteiger partial charge >= 0.3 is 0 Å². The summed E-state index contributed by atoms with van der Waals surface area (Å²) in [5.41, 5.74) is 16.4. The molecular formula is C28H49N9O6. The SMILES string of the molecule is CC(CN1CC(C(=O)NCCN)CC1=O)C(CCN1CC(C(=O)NCCN)CC1=O)CN1CC(C(=O)NCCN)CC1=O. The number of nitrogens with zero attached hydrogens (tertiary/aromatic N) is 3. The molecule has 0 spiro atoms. The minimum absolute atomic E-state index is 0.0749. The summed E-state index contributed by atoms with van der Waals surface area (Å²) in [7, 11) is 0. The van der Waals surface area contributed by atoms with E-state index < -0.39 is 17.8 Å². The summed E-state index contributed by atoms with van der Waals surface area (Å²) in [6, 6.07) is 0. The molecule has 0 bridgehead atoms. The van der Waals surface area contributed by atoms with Gasteiger partial charge < -0.3 is 47.9 Å². The molecule has 0 saturated carbocycles. The van der Waals surface area contributed by atoms with Crippen LogP contribution in [0.1, 0.15) is 32.6 Å². The topological polar surface area (TPSA) is 226 Å². The Morgan fingerprint density at radius 1 is 0.674 bits per heavy atom. The van der Waals surface area contributed by atoms with Crippen LogP contribution in [0.5, 0.6) is 0 Å². The number of hydrogen-bond donors (Lipinski definition) is 6. The molecule has 6 amide bonds. The second-order valence-electron chi connectivity index (χ2n) is 11.9. The fraction of sp³-hybridized carbons (Fsp3) is 0.786. The molecule has 15 nitrogen and oxygen atoms in total. The first-order chi connectivity index (χ1) is 20.6. The molecule has 3 rings (SSSR count). The molecule has 3 fully saturated rings. The van der Waals surface area contributed by atoms with Crippen molar-refractivity contribution in [2.75, 3.05) is 78.5 Å². The second-order valence-corrected chi connectivity index (χ2v) is 11.9. The predicted octanol–water partition coefficient (Wildman–Crippen LogP) is -3.60. The van der Waals surface area contributed by atoms with Crippen molar-refractivity contribution < 1.29 is 28.8 Å². The highest BCUT2D eigenvalue weighted by Crippen LogP contribution is 2.28. The van der Waals surface area contributed by atoms with Crippen molar-refractivity contribution in [2.24, 2.45) is 46.8 Å². The molecule has 3 saturated heterocycles. The molecule has 9 N–H and O–H groups in total. The smallest absolute Gasteiger partial charge is 0.225 e. The molecule has 3 aliphatic heterocycles. The Hall–Kier alpha value is -3.30. The Morgan fingerprint density at radius 3 is 1.47 bits per heavy atom. The number of carbonyl (C=O) groups excluding carboxylic acids is 6. The van der Waals surface area contributed by atoms with Gasteiger partial charge in [-0.15, -0.1) is 0 Å². The van der Waals surface area contributed by atoms with Crippen molar-refractivity contribution in [1.82, 2.24) is 30.7 Å². The molecule has 0 aromatic carbocycles. The van der Waals surface area contributed by atoms with Crippen LogP contribution in [0.3, 0.4) is 0 Å². The number of amides is 6. The molecule has 0 aliphatic carbocycles. The summed E-state index contributed by atoms with van der Waals surface area (Å²) < 4.78 is 0. The lowest BCUT2D eigenvalue weighted by Crippen LogP contribution is -2.41. The van der Waals surface area contributed by atoms with Gasteiger partial charge in [-0.3, -0.25) is 28.8 Å². The second kappa shape index (κ2) is 16.5. The maximum absolute atomic E-state index is 12.9. The van der Waals surface area contributed by atoms with Gasteiger partial charge in [0.15, 0.2) is 0 Å². The average Bonchev–Trinajstić information content (AvgIpc) is 3.67. The van der Waals surface area contributed by atoms with Gasteiger partial charge in [-0.25, -0.2) is 0 Å². The van der Waals surface area contributed by atoms with E-state index in [1.807, 2.05) is 6.92 Å². The van der Waals surface area contributed by atoms with Gasteiger partial charge in [-0.2, -0.15) is 0 Å². The molecule has 0 radical (unpaired) electrons. The molecule has 3 heterocycles. The summed E-state index contributed by atoms with van der Waals surface area (Å²) in [5.74, 6) is -2.43. The van der Waals surface area contributed by atoms with Crippen molar-refractivity contribution >= 4 is 35.4 Å². The van der Waals surface area contributed by atoms with Crippen LogP contribution in [0.2, 0.25) is 0 Å². The molecule has 43 heavy (non-hydrogen) atoms. The first-order valence-electron chi connectivity index (χ1n) is 15.3. The van der Waals surface area contributed by atoms with Crippen molar-refractivity contribution in [3.05, 3.63) is 0 Å². The highest BCUT2D eigenvalue weighted by molar-refractivity contribution is 5.90. The Morgan fingerprint density at radius 2 is 1.05 bits per heavy atom. The number of nitrogens with one attached hydrogen (secondary N) is 3. The summed E-state index contributed by atoms with van der Waals surface area (Å²) in [6.07, 6.45) is 0.927. The third kappa shape index (κ3) is 9.60. The summed E-state index contributed by atoms with van der Waals surface area (Å²) >= 11 is 0. The molecule has 242 valence electrons. The van der Waals surface area contributed by atoms with Gasteiger partial charge in [0.1, 0.15) is 0 Å². The van der Waals surface area contributed by atoms with E-state index in [2.05, 4.69) is 16.0 Å². The molecule has 3 aliphatic rings. The summed E-state index contributed by atoms with van der Waals surface area (Å²) in [6.45, 7) is 6.05. The molecule has 5 atom stereocenters. The van der Waals surface area contributed by atoms with E-state index >= 15 is 0 Å². The third-order valence-electron chi connectivity index (χ3n) is 8.62. The van der Waals surface area contributed by atoms with Crippen LogP contribution < -0.4 is 33.2 Å². The first kappa shape index (κ1) is 34.2. The van der Waals surface area contributed by atoms with Crippen LogP contribution in [-0.2, 0) is 28.8 Å². The van der Waals surface area contributed by atoms with Gasteiger partial charge in [0, 0.05) is 97.8 Å². The Kier molecular flexibility index (Phi) is 13.1. The van der Waals surface area contributed by atoms with E-state index in [4.69, 9.17) is 17.2 Å². The van der Waals surface area contributed by atoms with Crippen LogP contribution in [-0.4, -0.2) is 129 Å². The van der Waals surface area contributed by atoms with Crippen LogP contribution in [0.15, 0.2) is 0 Å². The van der Waals surface area contributed by atoms with E-state index in [-0.39, 0.29) is 73.1 Å². The van der Waals surface area contributed by atoms with Crippen molar-refractivity contribution in [1.29, 1.82) is 0 Å². The van der Waals surface area contributed by atoms with E-state index in [9.17, 15) is 28.8 Å². The number of hydrogen-bond acceptors (Lipinski definition) is 9. The lowest BCUT2D eigenvalue weighted by atomic mass is 9.89. The summed E-state index contributed by atoms with van der Waals surface area (Å²) in [4.78, 5) is 80.9. The highest BCUT2D eigenvalue weighted by atomic mass is 16.2. The number of carbonyl (C=O) groups is 6. The predicted molar refractivity (Wildman–Crippen MR) is 158 cm³/mol. The Balaban J connectivity index is 1.66. The molecule has 15 heteroatoms. The maximum atomic E-state index is 12.9. The Labute approximate surface area is 252 Å². The van der Waals surface area contributed by atoms with Gasteiger partial charge in [-0.05, 0) is 18.3 Å². The normalized spacial score (nSPS) is 23.6. The van der Waals surface area contributed by atoms with Crippen molar-refractivity contribution in [3.63, 3.8) is 0 Å². The zero-order valence-electron chi connectivity index (χ0n) is 25.2. The fourth-order valence-electron chi connectivity index (χ4n) is 6.09. The zero-order valence-corrected chi connectivity index (χ0v) is 25.2.